The molecule has 0 aliphatic rings. The molecule has 0 saturated carbocycles. The highest BCUT2D eigenvalue weighted by atomic mass is 35.5. The molecule has 2 N–H and O–H groups in total. The number of rotatable bonds is 5. The van der Waals surface area contributed by atoms with Gasteiger partial charge < -0.3 is 10.5 Å². The molecule has 1 aromatic heterocycles. The van der Waals surface area contributed by atoms with E-state index in [-0.39, 0.29) is 0 Å². The van der Waals surface area contributed by atoms with Crippen LogP contribution >= 0.6 is 11.6 Å². The first-order valence-electron chi connectivity index (χ1n) is 5.67. The second-order valence-corrected chi connectivity index (χ2v) is 4.37. The molecule has 0 bridgehead atoms. The molecule has 0 atom stereocenters. The summed E-state index contributed by atoms with van der Waals surface area (Å²) in [5, 5.41) is 8.44. The lowest BCUT2D eigenvalue weighted by atomic mass is 10.2. The van der Waals surface area contributed by atoms with Crippen LogP contribution < -0.4 is 10.5 Å². The van der Waals surface area contributed by atoms with Crippen LogP contribution in [0.2, 0.25) is 5.02 Å². The third-order valence-corrected chi connectivity index (χ3v) is 2.77. The van der Waals surface area contributed by atoms with E-state index in [4.69, 9.17) is 22.1 Å². The molecule has 0 radical (unpaired) electrons. The number of hydrogen-bond donors (Lipinski definition) is 1. The third kappa shape index (κ3) is 3.21. The van der Waals surface area contributed by atoms with Gasteiger partial charge in [0.2, 0.25) is 0 Å². The molecule has 96 valence electrons. The number of benzene rings is 1. The number of aryl methyl sites for hydroxylation is 1. The maximum atomic E-state index is 6.03. The number of aromatic nitrogens is 3. The fourth-order valence-electron chi connectivity index (χ4n) is 1.51. The smallest absolute Gasteiger partial charge is 0.138 e. The lowest BCUT2D eigenvalue weighted by Crippen LogP contribution is -2.09. The highest BCUT2D eigenvalue weighted by Crippen LogP contribution is 2.25. The van der Waals surface area contributed by atoms with Crippen molar-refractivity contribution in [1.82, 2.24) is 15.0 Å². The minimum atomic E-state index is 0.393. The summed E-state index contributed by atoms with van der Waals surface area (Å²) in [7, 11) is 0. The van der Waals surface area contributed by atoms with E-state index in [1.54, 1.807) is 10.9 Å². The van der Waals surface area contributed by atoms with Crippen molar-refractivity contribution in [2.24, 2.45) is 5.73 Å². The second kappa shape index (κ2) is 5.84. The van der Waals surface area contributed by atoms with Gasteiger partial charge in [0.25, 0.3) is 0 Å². The molecule has 0 spiro atoms. The summed E-state index contributed by atoms with van der Waals surface area (Å²) >= 11 is 6.03. The predicted octanol–water partition coefficient (Wildman–Crippen LogP) is 1.78. The Labute approximate surface area is 111 Å². The normalized spacial score (nSPS) is 10.6. The molecule has 0 fully saturated rings. The largest absolute Gasteiger partial charge is 0.490 e. The van der Waals surface area contributed by atoms with Gasteiger partial charge in [-0.15, -0.1) is 5.10 Å². The Kier molecular flexibility index (Phi) is 4.17. The van der Waals surface area contributed by atoms with Gasteiger partial charge in [0.05, 0.1) is 17.3 Å². The summed E-state index contributed by atoms with van der Waals surface area (Å²) in [6, 6.07) is 5.68. The van der Waals surface area contributed by atoms with Gasteiger partial charge in [-0.2, -0.15) is 0 Å². The summed E-state index contributed by atoms with van der Waals surface area (Å²) in [6.45, 7) is 3.48. The zero-order valence-electron chi connectivity index (χ0n) is 10.1. The average Bonchev–Trinajstić information content (AvgIpc) is 2.81. The van der Waals surface area contributed by atoms with Crippen molar-refractivity contribution in [3.63, 3.8) is 0 Å². The molecule has 1 heterocycles. The minimum absolute atomic E-state index is 0.393. The molecule has 0 unspecified atom stereocenters. The van der Waals surface area contributed by atoms with Gasteiger partial charge in [0.1, 0.15) is 12.4 Å². The molecule has 5 nitrogen and oxygen atoms in total. The Morgan fingerprint density at radius 3 is 3.00 bits per heavy atom. The van der Waals surface area contributed by atoms with Gasteiger partial charge >= 0.3 is 0 Å². The van der Waals surface area contributed by atoms with E-state index < -0.39 is 0 Å². The molecular weight excluding hydrogens is 252 g/mol. The van der Waals surface area contributed by atoms with E-state index in [1.165, 1.54) is 0 Å². The van der Waals surface area contributed by atoms with Crippen molar-refractivity contribution in [3.8, 4) is 5.75 Å². The molecule has 0 saturated heterocycles. The topological polar surface area (TPSA) is 66.0 Å². The number of nitrogens with zero attached hydrogens (tertiary/aromatic N) is 3. The number of halogens is 1. The van der Waals surface area contributed by atoms with E-state index in [2.05, 4.69) is 10.3 Å². The average molecular weight is 267 g/mol. The number of ether oxygens (including phenoxy) is 1. The van der Waals surface area contributed by atoms with Crippen molar-refractivity contribution in [1.29, 1.82) is 0 Å². The molecule has 0 aliphatic heterocycles. The van der Waals surface area contributed by atoms with Crippen molar-refractivity contribution in [2.75, 3.05) is 6.61 Å². The van der Waals surface area contributed by atoms with E-state index in [9.17, 15) is 0 Å². The zero-order chi connectivity index (χ0) is 13.0. The Bertz CT molecular complexity index is 527. The van der Waals surface area contributed by atoms with E-state index >= 15 is 0 Å². The third-order valence-electron chi connectivity index (χ3n) is 2.46. The molecule has 2 rings (SSSR count). The molecule has 18 heavy (non-hydrogen) atoms. The fourth-order valence-corrected chi connectivity index (χ4v) is 1.68. The molecular formula is C12H15ClN4O. The maximum Gasteiger partial charge on any atom is 0.138 e. The number of hydrogen-bond acceptors (Lipinski definition) is 4. The van der Waals surface area contributed by atoms with Gasteiger partial charge in [0.15, 0.2) is 0 Å². The van der Waals surface area contributed by atoms with Crippen LogP contribution in [0.4, 0.5) is 0 Å². The van der Waals surface area contributed by atoms with Crippen molar-refractivity contribution in [2.45, 2.75) is 20.0 Å². The van der Waals surface area contributed by atoms with Crippen LogP contribution in [0.1, 0.15) is 11.3 Å². The van der Waals surface area contributed by atoms with Gasteiger partial charge in [-0.3, -0.25) is 0 Å². The zero-order valence-corrected chi connectivity index (χ0v) is 10.9. The van der Waals surface area contributed by atoms with Crippen LogP contribution in [0.25, 0.3) is 0 Å². The highest BCUT2D eigenvalue weighted by molar-refractivity contribution is 6.32. The van der Waals surface area contributed by atoms with Crippen LogP contribution in [0.3, 0.4) is 0 Å². The van der Waals surface area contributed by atoms with Crippen molar-refractivity contribution in [3.05, 3.63) is 40.7 Å². The van der Waals surface area contributed by atoms with E-state index in [1.807, 2.05) is 25.1 Å². The summed E-state index contributed by atoms with van der Waals surface area (Å²) in [4.78, 5) is 0. The van der Waals surface area contributed by atoms with Crippen molar-refractivity contribution >= 4 is 11.6 Å². The molecule has 0 amide bonds. The van der Waals surface area contributed by atoms with Crippen LogP contribution in [-0.2, 0) is 13.1 Å². The lowest BCUT2D eigenvalue weighted by molar-refractivity contribution is 0.289. The standard InChI is InChI=1S/C12H15ClN4O/c1-9-2-3-11(13)12(6-9)18-5-4-17-8-10(7-14)15-16-17/h2-3,6,8H,4-5,7,14H2,1H3. The van der Waals surface area contributed by atoms with Crippen molar-refractivity contribution < 1.29 is 4.74 Å². The molecule has 2 aromatic rings. The van der Waals surface area contributed by atoms with Crippen LogP contribution in [0.15, 0.2) is 24.4 Å². The predicted molar refractivity (Wildman–Crippen MR) is 69.6 cm³/mol. The van der Waals surface area contributed by atoms with E-state index in [0.717, 1.165) is 11.3 Å². The Morgan fingerprint density at radius 2 is 2.28 bits per heavy atom. The summed E-state index contributed by atoms with van der Waals surface area (Å²) in [5.74, 6) is 0.691. The van der Waals surface area contributed by atoms with E-state index in [0.29, 0.717) is 30.5 Å². The minimum Gasteiger partial charge on any atom is -0.490 e. The van der Waals surface area contributed by atoms with Crippen LogP contribution in [0, 0.1) is 6.92 Å². The Morgan fingerprint density at radius 1 is 1.44 bits per heavy atom. The summed E-state index contributed by atoms with van der Waals surface area (Å²) in [6.07, 6.45) is 1.81. The monoisotopic (exact) mass is 266 g/mol. The second-order valence-electron chi connectivity index (χ2n) is 3.96. The van der Waals surface area contributed by atoms with Gasteiger partial charge in [-0.25, -0.2) is 4.68 Å². The summed E-state index contributed by atoms with van der Waals surface area (Å²) in [5.41, 5.74) is 7.33. The fraction of sp³-hybridized carbons (Fsp3) is 0.333. The first-order valence-corrected chi connectivity index (χ1v) is 6.05. The van der Waals surface area contributed by atoms with Gasteiger partial charge in [-0.1, -0.05) is 22.9 Å². The quantitative estimate of drug-likeness (QED) is 0.896. The Balaban J connectivity index is 1.90. The first kappa shape index (κ1) is 12.9. The number of nitrogens with two attached hydrogens (primary N) is 1. The highest BCUT2D eigenvalue weighted by Gasteiger charge is 2.03. The van der Waals surface area contributed by atoms with Crippen LogP contribution in [-0.4, -0.2) is 21.6 Å². The Hall–Kier alpha value is -1.59. The molecule has 1 aromatic carbocycles. The molecule has 0 aliphatic carbocycles. The SMILES string of the molecule is Cc1ccc(Cl)c(OCCn2cc(CN)nn2)c1. The van der Waals surface area contributed by atoms with Gasteiger partial charge in [-0.05, 0) is 24.6 Å². The van der Waals surface area contributed by atoms with Crippen LogP contribution in [0.5, 0.6) is 5.75 Å². The lowest BCUT2D eigenvalue weighted by Gasteiger charge is -2.08. The summed E-state index contributed by atoms with van der Waals surface area (Å²) < 4.78 is 7.31. The maximum absolute atomic E-state index is 6.03. The molecule has 6 heteroatoms. The van der Waals surface area contributed by atoms with Gasteiger partial charge in [0, 0.05) is 12.7 Å². The first-order chi connectivity index (χ1) is 8.69.